The number of aryl methyl sites for hydroxylation is 1. The summed E-state index contributed by atoms with van der Waals surface area (Å²) in [5, 5.41) is 6.68. The number of hydrogen-bond donors (Lipinski definition) is 2. The topological polar surface area (TPSA) is 66.5 Å². The first kappa shape index (κ1) is 18.8. The van der Waals surface area contributed by atoms with E-state index in [0.29, 0.717) is 22.2 Å². The summed E-state index contributed by atoms with van der Waals surface area (Å²) in [6.45, 7) is 6.90. The number of rotatable bonds is 7. The van der Waals surface area contributed by atoms with Gasteiger partial charge in [0.15, 0.2) is 5.13 Å². The van der Waals surface area contributed by atoms with Gasteiger partial charge in [-0.15, -0.1) is 0 Å². The average Bonchev–Trinajstić information content (AvgIpc) is 3.02. The van der Waals surface area contributed by atoms with Crippen LogP contribution in [-0.2, 0) is 4.74 Å². The van der Waals surface area contributed by atoms with Crippen molar-refractivity contribution in [3.05, 3.63) is 40.7 Å². The first-order valence-corrected chi connectivity index (χ1v) is 9.52. The largest absolute Gasteiger partial charge is 0.379 e. The van der Waals surface area contributed by atoms with E-state index in [9.17, 15) is 9.18 Å². The zero-order valence-electron chi connectivity index (χ0n) is 14.8. The van der Waals surface area contributed by atoms with Crippen molar-refractivity contribution in [3.63, 3.8) is 0 Å². The average molecular weight is 378 g/mol. The molecule has 0 bridgehead atoms. The molecule has 1 aromatic carbocycles. The zero-order chi connectivity index (χ0) is 18.4. The lowest BCUT2D eigenvalue weighted by molar-refractivity contribution is 0.0374. The van der Waals surface area contributed by atoms with Gasteiger partial charge in [0.2, 0.25) is 0 Å². The van der Waals surface area contributed by atoms with Crippen molar-refractivity contribution in [2.45, 2.75) is 13.3 Å². The molecular formula is C18H23FN4O2S. The molecule has 6 nitrogen and oxygen atoms in total. The maximum Gasteiger partial charge on any atom is 0.263 e. The van der Waals surface area contributed by atoms with Gasteiger partial charge in [-0.05, 0) is 44.2 Å². The molecule has 3 rings (SSSR count). The summed E-state index contributed by atoms with van der Waals surface area (Å²) in [6, 6.07) is 6.03. The van der Waals surface area contributed by atoms with Gasteiger partial charge in [0, 0.05) is 25.3 Å². The van der Waals surface area contributed by atoms with Gasteiger partial charge in [0.05, 0.1) is 18.9 Å². The molecule has 1 saturated heterocycles. The summed E-state index contributed by atoms with van der Waals surface area (Å²) in [4.78, 5) is 19.7. The maximum atomic E-state index is 13.0. The fourth-order valence-electron chi connectivity index (χ4n) is 2.73. The Morgan fingerprint density at radius 3 is 2.77 bits per heavy atom. The van der Waals surface area contributed by atoms with Crippen LogP contribution in [0.1, 0.15) is 21.8 Å². The highest BCUT2D eigenvalue weighted by Crippen LogP contribution is 2.25. The molecule has 0 spiro atoms. The lowest BCUT2D eigenvalue weighted by Gasteiger charge is -2.26. The Labute approximate surface area is 156 Å². The highest BCUT2D eigenvalue weighted by atomic mass is 32.1. The number of benzene rings is 1. The molecule has 0 unspecified atom stereocenters. The van der Waals surface area contributed by atoms with Crippen molar-refractivity contribution in [2.75, 3.05) is 44.7 Å². The van der Waals surface area contributed by atoms with E-state index < -0.39 is 0 Å². The molecule has 26 heavy (non-hydrogen) atoms. The van der Waals surface area contributed by atoms with Crippen LogP contribution in [0.3, 0.4) is 0 Å². The van der Waals surface area contributed by atoms with E-state index in [4.69, 9.17) is 4.74 Å². The van der Waals surface area contributed by atoms with E-state index >= 15 is 0 Å². The molecule has 0 aliphatic carbocycles. The van der Waals surface area contributed by atoms with Gasteiger partial charge in [-0.1, -0.05) is 11.3 Å². The predicted molar refractivity (Wildman–Crippen MR) is 101 cm³/mol. The first-order chi connectivity index (χ1) is 12.6. The predicted octanol–water partition coefficient (Wildman–Crippen LogP) is 2.79. The number of hydrogen-bond acceptors (Lipinski definition) is 6. The van der Waals surface area contributed by atoms with E-state index in [2.05, 4.69) is 20.5 Å². The Balaban J connectivity index is 1.48. The zero-order valence-corrected chi connectivity index (χ0v) is 15.6. The molecular weight excluding hydrogens is 355 g/mol. The number of morpholine rings is 1. The Kier molecular flexibility index (Phi) is 6.54. The molecule has 0 atom stereocenters. The van der Waals surface area contributed by atoms with E-state index in [1.54, 1.807) is 12.1 Å². The molecule has 2 heterocycles. The molecule has 1 aromatic heterocycles. The van der Waals surface area contributed by atoms with Crippen molar-refractivity contribution < 1.29 is 13.9 Å². The number of amides is 1. The number of thiazole rings is 1. The second-order valence-electron chi connectivity index (χ2n) is 6.13. The van der Waals surface area contributed by atoms with Crippen molar-refractivity contribution in [1.29, 1.82) is 0 Å². The van der Waals surface area contributed by atoms with Crippen LogP contribution in [0.5, 0.6) is 0 Å². The van der Waals surface area contributed by atoms with E-state index in [-0.39, 0.29) is 11.7 Å². The summed E-state index contributed by atoms with van der Waals surface area (Å²) in [7, 11) is 0. The third kappa shape index (κ3) is 5.23. The number of aromatic nitrogens is 1. The normalized spacial score (nSPS) is 15.0. The first-order valence-electron chi connectivity index (χ1n) is 8.70. The number of anilines is 2. The molecule has 2 aromatic rings. The van der Waals surface area contributed by atoms with E-state index in [1.807, 2.05) is 6.92 Å². The van der Waals surface area contributed by atoms with Crippen LogP contribution >= 0.6 is 11.3 Å². The van der Waals surface area contributed by atoms with Crippen LogP contribution in [0.25, 0.3) is 0 Å². The molecule has 1 fully saturated rings. The van der Waals surface area contributed by atoms with Crippen LogP contribution in [-0.4, -0.2) is 55.2 Å². The number of nitrogens with zero attached hydrogens (tertiary/aromatic N) is 2. The minimum Gasteiger partial charge on any atom is -0.379 e. The fourth-order valence-corrected chi connectivity index (χ4v) is 3.63. The van der Waals surface area contributed by atoms with Gasteiger partial charge in [-0.25, -0.2) is 9.37 Å². The van der Waals surface area contributed by atoms with Gasteiger partial charge in [-0.2, -0.15) is 0 Å². The molecule has 0 radical (unpaired) electrons. The van der Waals surface area contributed by atoms with Crippen molar-refractivity contribution in [3.8, 4) is 0 Å². The smallest absolute Gasteiger partial charge is 0.263 e. The summed E-state index contributed by atoms with van der Waals surface area (Å²) in [5.74, 6) is -0.392. The standard InChI is InChI=1S/C18H23FN4O2S/c1-13-16(17(24)20-7-2-8-23-9-11-25-12-10-23)26-18(21-13)22-15-5-3-14(19)4-6-15/h3-6H,2,7-12H2,1H3,(H,20,24)(H,21,22). The Bertz CT molecular complexity index is 729. The molecule has 1 amide bonds. The number of ether oxygens (including phenoxy) is 1. The number of carbonyl (C=O) groups excluding carboxylic acids is 1. The minimum absolute atomic E-state index is 0.103. The van der Waals surface area contributed by atoms with Gasteiger partial charge >= 0.3 is 0 Å². The molecule has 2 N–H and O–H groups in total. The van der Waals surface area contributed by atoms with Crippen LogP contribution in [0.15, 0.2) is 24.3 Å². The molecule has 140 valence electrons. The summed E-state index contributed by atoms with van der Waals surface area (Å²) < 4.78 is 18.3. The summed E-state index contributed by atoms with van der Waals surface area (Å²) >= 11 is 1.30. The summed E-state index contributed by atoms with van der Waals surface area (Å²) in [6.07, 6.45) is 0.907. The highest BCUT2D eigenvalue weighted by Gasteiger charge is 2.15. The number of nitrogens with one attached hydrogen (secondary N) is 2. The highest BCUT2D eigenvalue weighted by molar-refractivity contribution is 7.17. The second kappa shape index (κ2) is 9.07. The van der Waals surface area contributed by atoms with Crippen LogP contribution in [0.4, 0.5) is 15.2 Å². The molecule has 1 aliphatic rings. The maximum absolute atomic E-state index is 13.0. The second-order valence-corrected chi connectivity index (χ2v) is 7.13. The van der Waals surface area contributed by atoms with Crippen LogP contribution < -0.4 is 10.6 Å². The van der Waals surface area contributed by atoms with Crippen LogP contribution in [0.2, 0.25) is 0 Å². The number of carbonyl (C=O) groups is 1. The van der Waals surface area contributed by atoms with Crippen molar-refractivity contribution >= 4 is 28.1 Å². The lowest BCUT2D eigenvalue weighted by atomic mass is 10.3. The van der Waals surface area contributed by atoms with Crippen molar-refractivity contribution in [2.24, 2.45) is 0 Å². The van der Waals surface area contributed by atoms with Gasteiger partial charge < -0.3 is 15.4 Å². The summed E-state index contributed by atoms with van der Waals surface area (Å²) in [5.41, 5.74) is 1.42. The Morgan fingerprint density at radius 1 is 1.31 bits per heavy atom. The van der Waals surface area contributed by atoms with Gasteiger partial charge in [0.1, 0.15) is 10.7 Å². The number of halogens is 1. The molecule has 8 heteroatoms. The minimum atomic E-state index is -0.289. The quantitative estimate of drug-likeness (QED) is 0.726. The van der Waals surface area contributed by atoms with Gasteiger partial charge in [0.25, 0.3) is 5.91 Å². The van der Waals surface area contributed by atoms with E-state index in [0.717, 1.165) is 45.0 Å². The Morgan fingerprint density at radius 2 is 2.04 bits per heavy atom. The van der Waals surface area contributed by atoms with Crippen LogP contribution in [0, 0.1) is 12.7 Å². The van der Waals surface area contributed by atoms with E-state index in [1.165, 1.54) is 23.5 Å². The third-order valence-electron chi connectivity index (χ3n) is 4.14. The lowest BCUT2D eigenvalue weighted by Crippen LogP contribution is -2.38. The monoisotopic (exact) mass is 378 g/mol. The Hall–Kier alpha value is -2.03. The SMILES string of the molecule is Cc1nc(Nc2ccc(F)cc2)sc1C(=O)NCCCN1CCOCC1. The third-order valence-corrected chi connectivity index (χ3v) is 5.21. The molecule has 1 aliphatic heterocycles. The van der Waals surface area contributed by atoms with Gasteiger partial charge in [-0.3, -0.25) is 9.69 Å². The fraction of sp³-hybridized carbons (Fsp3) is 0.444. The van der Waals surface area contributed by atoms with Crippen molar-refractivity contribution in [1.82, 2.24) is 15.2 Å². The molecule has 0 saturated carbocycles.